The molecule has 0 spiro atoms. The molecular weight excluding hydrogens is 586 g/mol. The molecule has 1 amide bonds. The Labute approximate surface area is 281 Å². The summed E-state index contributed by atoms with van der Waals surface area (Å²) in [6.07, 6.45) is 23.5. The van der Waals surface area contributed by atoms with E-state index in [1.54, 1.807) is 6.92 Å². The van der Waals surface area contributed by atoms with E-state index in [2.05, 4.69) is 12.2 Å². The van der Waals surface area contributed by atoms with Gasteiger partial charge >= 0.3 is 0 Å². The maximum absolute atomic E-state index is 12.0. The predicted molar refractivity (Wildman–Crippen MR) is 184 cm³/mol. The first-order chi connectivity index (χ1) is 22.3. The van der Waals surface area contributed by atoms with Crippen LogP contribution in [0.4, 0.5) is 0 Å². The lowest BCUT2D eigenvalue weighted by Gasteiger charge is -2.40. The lowest BCUT2D eigenvalue weighted by atomic mass is 9.99. The monoisotopic (exact) mass is 660 g/mol. The average molecular weight is 660 g/mol. The molecule has 7 atom stereocenters. The summed E-state index contributed by atoms with van der Waals surface area (Å²) in [5.41, 5.74) is 0. The van der Waals surface area contributed by atoms with Gasteiger partial charge in [-0.25, -0.2) is 0 Å². The van der Waals surface area contributed by atoms with Crippen molar-refractivity contribution in [2.24, 2.45) is 0 Å². The van der Waals surface area contributed by atoms with Crippen LogP contribution < -0.4 is 5.32 Å². The minimum absolute atomic E-state index is 0.144. The van der Waals surface area contributed by atoms with E-state index in [0.29, 0.717) is 6.42 Å². The molecule has 0 aromatic rings. The molecule has 7 unspecified atom stereocenters. The molecule has 1 fully saturated rings. The fourth-order valence-corrected chi connectivity index (χ4v) is 6.30. The van der Waals surface area contributed by atoms with Gasteiger partial charge in [0.1, 0.15) is 24.4 Å². The topological polar surface area (TPSA) is 149 Å². The number of rotatable bonds is 31. The zero-order valence-corrected chi connectivity index (χ0v) is 29.6. The highest BCUT2D eigenvalue weighted by Crippen LogP contribution is 2.23. The largest absolute Gasteiger partial charge is 0.394 e. The number of aliphatic hydroxyl groups is 5. The zero-order valence-electron chi connectivity index (χ0n) is 29.6. The summed E-state index contributed by atoms with van der Waals surface area (Å²) < 4.78 is 11.0. The fourth-order valence-electron chi connectivity index (χ4n) is 6.30. The van der Waals surface area contributed by atoms with E-state index in [9.17, 15) is 30.3 Å². The van der Waals surface area contributed by atoms with Crippen molar-refractivity contribution in [2.45, 2.75) is 217 Å². The lowest BCUT2D eigenvalue weighted by Crippen LogP contribution is -2.60. The molecular formula is C37H73NO8. The van der Waals surface area contributed by atoms with Gasteiger partial charge in [0, 0.05) is 6.42 Å². The van der Waals surface area contributed by atoms with Crippen LogP contribution in [0, 0.1) is 0 Å². The summed E-state index contributed by atoms with van der Waals surface area (Å²) in [4.78, 5) is 12.0. The van der Waals surface area contributed by atoms with Crippen molar-refractivity contribution < 1.29 is 39.8 Å². The van der Waals surface area contributed by atoms with Crippen LogP contribution in [-0.4, -0.2) is 87.5 Å². The van der Waals surface area contributed by atoms with Crippen molar-refractivity contribution in [3.05, 3.63) is 0 Å². The smallest absolute Gasteiger partial charge is 0.220 e. The normalized spacial score (nSPS) is 23.0. The van der Waals surface area contributed by atoms with E-state index in [4.69, 9.17) is 9.47 Å². The van der Waals surface area contributed by atoms with Gasteiger partial charge in [0.05, 0.1) is 25.4 Å². The molecule has 0 aliphatic carbocycles. The maximum atomic E-state index is 12.0. The van der Waals surface area contributed by atoms with E-state index >= 15 is 0 Å². The third-order valence-corrected chi connectivity index (χ3v) is 9.52. The van der Waals surface area contributed by atoms with Crippen LogP contribution in [0.2, 0.25) is 0 Å². The van der Waals surface area contributed by atoms with Gasteiger partial charge in [0.15, 0.2) is 6.29 Å². The highest BCUT2D eigenvalue weighted by atomic mass is 16.7. The van der Waals surface area contributed by atoms with E-state index in [-0.39, 0.29) is 18.9 Å². The van der Waals surface area contributed by atoms with Crippen LogP contribution in [0.25, 0.3) is 0 Å². The fraction of sp³-hybridized carbons (Fsp3) is 0.973. The van der Waals surface area contributed by atoms with Gasteiger partial charge in [-0.1, -0.05) is 162 Å². The Morgan fingerprint density at radius 3 is 1.46 bits per heavy atom. The summed E-state index contributed by atoms with van der Waals surface area (Å²) in [7, 11) is 0. The number of hydrogen-bond acceptors (Lipinski definition) is 8. The maximum Gasteiger partial charge on any atom is 0.220 e. The number of ether oxygens (including phenoxy) is 2. The van der Waals surface area contributed by atoms with E-state index in [1.807, 2.05) is 0 Å². The second-order valence-electron chi connectivity index (χ2n) is 13.7. The Balaban J connectivity index is 2.02. The third kappa shape index (κ3) is 20.5. The highest BCUT2D eigenvalue weighted by Gasteiger charge is 2.44. The minimum Gasteiger partial charge on any atom is -0.394 e. The van der Waals surface area contributed by atoms with Crippen LogP contribution in [0.15, 0.2) is 0 Å². The summed E-state index contributed by atoms with van der Waals surface area (Å²) >= 11 is 0. The first kappa shape index (κ1) is 43.2. The number of hydrogen-bond donors (Lipinski definition) is 6. The Bertz CT molecular complexity index is 696. The van der Waals surface area contributed by atoms with Gasteiger partial charge in [-0.2, -0.15) is 0 Å². The SMILES string of the molecule is CCCCCCCCCCCCCCCCCCCCCCCCCC(O)C(COC1OC(CO)C(O)C(O)C1O)NC(=O)CC. The number of carbonyl (C=O) groups excluding carboxylic acids is 1. The van der Waals surface area contributed by atoms with Gasteiger partial charge in [-0.3, -0.25) is 4.79 Å². The van der Waals surface area contributed by atoms with Gasteiger partial charge in [-0.15, -0.1) is 0 Å². The molecule has 274 valence electrons. The van der Waals surface area contributed by atoms with Gasteiger partial charge < -0.3 is 40.3 Å². The van der Waals surface area contributed by atoms with Crippen LogP contribution in [0.5, 0.6) is 0 Å². The molecule has 9 heteroatoms. The lowest BCUT2D eigenvalue weighted by molar-refractivity contribution is -0.302. The molecule has 0 aromatic heterocycles. The van der Waals surface area contributed by atoms with E-state index in [1.165, 1.54) is 128 Å². The second-order valence-corrected chi connectivity index (χ2v) is 13.7. The number of amides is 1. The standard InChI is InChI=1S/C37H73NO8/c1-3-5-6-7-8-9-10-11-12-13-14-15-16-17-18-19-20-21-22-23-24-25-26-27-31(40)30(38-33(41)4-2)29-45-37-36(44)35(43)34(42)32(28-39)46-37/h30-32,34-37,39-40,42-44H,3-29H2,1-2H3,(H,38,41). The third-order valence-electron chi connectivity index (χ3n) is 9.52. The Kier molecular flexibility index (Phi) is 27.4. The summed E-state index contributed by atoms with van der Waals surface area (Å²) in [6, 6.07) is -0.709. The number of nitrogens with one attached hydrogen (secondary N) is 1. The first-order valence-electron chi connectivity index (χ1n) is 19.2. The Morgan fingerprint density at radius 1 is 0.652 bits per heavy atom. The molecule has 1 aliphatic rings. The molecule has 1 aliphatic heterocycles. The quantitative estimate of drug-likeness (QED) is 0.0466. The molecule has 1 saturated heterocycles. The van der Waals surface area contributed by atoms with E-state index < -0.39 is 49.5 Å². The van der Waals surface area contributed by atoms with Crippen LogP contribution in [0.3, 0.4) is 0 Å². The van der Waals surface area contributed by atoms with E-state index in [0.717, 1.165) is 19.3 Å². The molecule has 0 bridgehead atoms. The molecule has 0 radical (unpaired) electrons. The van der Waals surface area contributed by atoms with Crippen molar-refractivity contribution >= 4 is 5.91 Å². The number of aliphatic hydroxyl groups excluding tert-OH is 5. The van der Waals surface area contributed by atoms with Crippen molar-refractivity contribution in [1.29, 1.82) is 0 Å². The summed E-state index contributed by atoms with van der Waals surface area (Å²) in [6.45, 7) is 3.30. The summed E-state index contributed by atoms with van der Waals surface area (Å²) in [5, 5.41) is 53.1. The molecule has 46 heavy (non-hydrogen) atoms. The molecule has 0 saturated carbocycles. The van der Waals surface area contributed by atoms with Gasteiger partial charge in [0.2, 0.25) is 5.91 Å². The van der Waals surface area contributed by atoms with Crippen molar-refractivity contribution in [2.75, 3.05) is 13.2 Å². The van der Waals surface area contributed by atoms with Crippen molar-refractivity contribution in [3.63, 3.8) is 0 Å². The highest BCUT2D eigenvalue weighted by molar-refractivity contribution is 5.75. The Morgan fingerprint density at radius 2 is 1.07 bits per heavy atom. The minimum atomic E-state index is -1.54. The zero-order chi connectivity index (χ0) is 33.8. The molecule has 9 nitrogen and oxygen atoms in total. The van der Waals surface area contributed by atoms with Crippen molar-refractivity contribution in [1.82, 2.24) is 5.32 Å². The Hall–Kier alpha value is -0.810. The molecule has 0 aromatic carbocycles. The summed E-state index contributed by atoms with van der Waals surface area (Å²) in [5.74, 6) is -0.231. The van der Waals surface area contributed by atoms with Crippen LogP contribution >= 0.6 is 0 Å². The molecule has 1 heterocycles. The number of unbranched alkanes of at least 4 members (excludes halogenated alkanes) is 22. The van der Waals surface area contributed by atoms with Gasteiger partial charge in [0.25, 0.3) is 0 Å². The first-order valence-corrected chi connectivity index (χ1v) is 19.2. The van der Waals surface area contributed by atoms with Crippen LogP contribution in [0.1, 0.15) is 174 Å². The van der Waals surface area contributed by atoms with Gasteiger partial charge in [-0.05, 0) is 6.42 Å². The second kappa shape index (κ2) is 29.1. The van der Waals surface area contributed by atoms with Crippen LogP contribution in [-0.2, 0) is 14.3 Å². The molecule has 6 N–H and O–H groups in total. The predicted octanol–water partition coefficient (Wildman–Crippen LogP) is 6.44. The van der Waals surface area contributed by atoms with Crippen molar-refractivity contribution in [3.8, 4) is 0 Å². The molecule has 1 rings (SSSR count). The average Bonchev–Trinajstić information content (AvgIpc) is 3.06. The number of carbonyl (C=O) groups is 1.